The van der Waals surface area contributed by atoms with Crippen molar-refractivity contribution < 1.29 is 19.0 Å². The molecule has 0 atom stereocenters. The maximum absolute atomic E-state index is 11.5. The highest BCUT2D eigenvalue weighted by molar-refractivity contribution is 7.13. The van der Waals surface area contributed by atoms with Crippen LogP contribution in [0.2, 0.25) is 0 Å². The van der Waals surface area contributed by atoms with Gasteiger partial charge in [0, 0.05) is 25.0 Å². The molecule has 0 amide bonds. The Labute approximate surface area is 180 Å². The molecule has 30 heavy (non-hydrogen) atoms. The van der Waals surface area contributed by atoms with Crippen LogP contribution in [0, 0.1) is 0 Å². The van der Waals surface area contributed by atoms with Crippen molar-refractivity contribution in [3.8, 4) is 5.75 Å². The lowest BCUT2D eigenvalue weighted by atomic mass is 10.2. The zero-order chi connectivity index (χ0) is 21.0. The number of hydrogen-bond acceptors (Lipinski definition) is 9. The Hall–Kier alpha value is -2.49. The lowest BCUT2D eigenvalue weighted by molar-refractivity contribution is -0.142. The van der Waals surface area contributed by atoms with Gasteiger partial charge in [-0.05, 0) is 31.0 Å². The van der Waals surface area contributed by atoms with Gasteiger partial charge in [-0.2, -0.15) is 5.10 Å². The molecule has 0 saturated carbocycles. The van der Waals surface area contributed by atoms with Gasteiger partial charge in [-0.15, -0.1) is 11.3 Å². The molecule has 2 aromatic rings. The summed E-state index contributed by atoms with van der Waals surface area (Å²) < 4.78 is 16.2. The minimum atomic E-state index is -0.278. The summed E-state index contributed by atoms with van der Waals surface area (Å²) in [5.74, 6) is 0.548. The third-order valence-electron chi connectivity index (χ3n) is 4.41. The summed E-state index contributed by atoms with van der Waals surface area (Å²) in [6, 6.07) is 7.80. The number of hydrogen-bond donors (Lipinski definition) is 1. The molecule has 1 aromatic heterocycles. The van der Waals surface area contributed by atoms with Crippen LogP contribution in [-0.2, 0) is 20.7 Å². The van der Waals surface area contributed by atoms with Gasteiger partial charge >= 0.3 is 5.97 Å². The number of rotatable bonds is 11. The SMILES string of the molecule is CCOC(=O)Cc1csc(NN=Cc2cccc(OCCCN3CCOCC3)c2)n1. The van der Waals surface area contributed by atoms with E-state index in [1.807, 2.05) is 29.6 Å². The molecule has 8 nitrogen and oxygen atoms in total. The van der Waals surface area contributed by atoms with E-state index in [-0.39, 0.29) is 12.4 Å². The monoisotopic (exact) mass is 432 g/mol. The smallest absolute Gasteiger partial charge is 0.311 e. The number of benzene rings is 1. The fourth-order valence-corrected chi connectivity index (χ4v) is 3.61. The highest BCUT2D eigenvalue weighted by Crippen LogP contribution is 2.16. The lowest BCUT2D eigenvalue weighted by Gasteiger charge is -2.26. The number of ether oxygens (including phenoxy) is 3. The molecular weight excluding hydrogens is 404 g/mol. The van der Waals surface area contributed by atoms with Crippen molar-refractivity contribution in [2.24, 2.45) is 5.10 Å². The lowest BCUT2D eigenvalue weighted by Crippen LogP contribution is -2.37. The van der Waals surface area contributed by atoms with E-state index in [4.69, 9.17) is 14.2 Å². The molecule has 1 aliphatic heterocycles. The summed E-state index contributed by atoms with van der Waals surface area (Å²) in [5, 5.41) is 6.67. The third kappa shape index (κ3) is 7.74. The number of esters is 1. The second-order valence-electron chi connectivity index (χ2n) is 6.72. The predicted octanol–water partition coefficient (Wildman–Crippen LogP) is 2.80. The van der Waals surface area contributed by atoms with Crippen LogP contribution in [0.3, 0.4) is 0 Å². The first-order chi connectivity index (χ1) is 14.7. The molecule has 1 saturated heterocycles. The number of aromatic nitrogens is 1. The van der Waals surface area contributed by atoms with Crippen LogP contribution < -0.4 is 10.2 Å². The molecule has 0 unspecified atom stereocenters. The van der Waals surface area contributed by atoms with Crippen molar-refractivity contribution in [3.63, 3.8) is 0 Å². The molecule has 1 N–H and O–H groups in total. The summed E-state index contributed by atoms with van der Waals surface area (Å²) in [5.41, 5.74) is 4.49. The Bertz CT molecular complexity index is 821. The predicted molar refractivity (Wildman–Crippen MR) is 117 cm³/mol. The van der Waals surface area contributed by atoms with Gasteiger partial charge in [-0.3, -0.25) is 15.1 Å². The van der Waals surface area contributed by atoms with Gasteiger partial charge < -0.3 is 14.2 Å². The highest BCUT2D eigenvalue weighted by Gasteiger charge is 2.09. The third-order valence-corrected chi connectivity index (χ3v) is 5.20. The molecule has 0 aliphatic carbocycles. The minimum absolute atomic E-state index is 0.167. The molecular formula is C21H28N4O4S. The van der Waals surface area contributed by atoms with Gasteiger partial charge in [-0.1, -0.05) is 12.1 Å². The molecule has 0 bridgehead atoms. The Balaban J connectivity index is 1.40. The van der Waals surface area contributed by atoms with Gasteiger partial charge in [0.05, 0.1) is 44.8 Å². The zero-order valence-corrected chi connectivity index (χ0v) is 18.0. The van der Waals surface area contributed by atoms with E-state index in [9.17, 15) is 4.79 Å². The molecule has 1 fully saturated rings. The Morgan fingerprint density at radius 3 is 3.10 bits per heavy atom. The van der Waals surface area contributed by atoms with Crippen molar-refractivity contribution in [2.45, 2.75) is 19.8 Å². The molecule has 2 heterocycles. The van der Waals surface area contributed by atoms with Crippen molar-refractivity contribution in [1.82, 2.24) is 9.88 Å². The number of nitrogens with zero attached hydrogens (tertiary/aromatic N) is 3. The van der Waals surface area contributed by atoms with Crippen LogP contribution in [0.1, 0.15) is 24.6 Å². The summed E-state index contributed by atoms with van der Waals surface area (Å²) >= 11 is 1.39. The zero-order valence-electron chi connectivity index (χ0n) is 17.2. The van der Waals surface area contributed by atoms with Crippen LogP contribution in [0.15, 0.2) is 34.7 Å². The topological polar surface area (TPSA) is 85.3 Å². The highest BCUT2D eigenvalue weighted by atomic mass is 32.1. The average molecular weight is 433 g/mol. The minimum Gasteiger partial charge on any atom is -0.494 e. The molecule has 9 heteroatoms. The normalized spacial score (nSPS) is 14.7. The molecule has 1 aliphatic rings. The van der Waals surface area contributed by atoms with E-state index >= 15 is 0 Å². The largest absolute Gasteiger partial charge is 0.494 e. The van der Waals surface area contributed by atoms with Crippen LogP contribution in [0.5, 0.6) is 5.75 Å². The van der Waals surface area contributed by atoms with E-state index in [0.29, 0.717) is 24.0 Å². The van der Waals surface area contributed by atoms with Crippen LogP contribution in [-0.4, -0.2) is 68.1 Å². The number of carbonyl (C=O) groups is 1. The fourth-order valence-electron chi connectivity index (χ4n) is 2.95. The van der Waals surface area contributed by atoms with Crippen LogP contribution in [0.25, 0.3) is 0 Å². The molecule has 0 spiro atoms. The van der Waals surface area contributed by atoms with Crippen molar-refractivity contribution >= 4 is 28.7 Å². The Morgan fingerprint density at radius 2 is 2.27 bits per heavy atom. The van der Waals surface area contributed by atoms with Crippen molar-refractivity contribution in [2.75, 3.05) is 51.5 Å². The van der Waals surface area contributed by atoms with Gasteiger partial charge in [0.25, 0.3) is 0 Å². The number of thiazole rings is 1. The summed E-state index contributed by atoms with van der Waals surface area (Å²) in [6.45, 7) is 7.51. The van der Waals surface area contributed by atoms with E-state index in [1.54, 1.807) is 13.1 Å². The first-order valence-electron chi connectivity index (χ1n) is 10.1. The van der Waals surface area contributed by atoms with Crippen LogP contribution in [0.4, 0.5) is 5.13 Å². The van der Waals surface area contributed by atoms with Gasteiger partial charge in [0.2, 0.25) is 5.13 Å². The van der Waals surface area contributed by atoms with E-state index in [0.717, 1.165) is 50.6 Å². The van der Waals surface area contributed by atoms with Crippen LogP contribution >= 0.6 is 11.3 Å². The standard InChI is InChI=1S/C21H28N4O4S/c1-2-28-20(26)14-18-16-30-21(23-18)24-22-15-17-5-3-6-19(13-17)29-10-4-7-25-8-11-27-12-9-25/h3,5-6,13,15-16H,2,4,7-12,14H2,1H3,(H,23,24). The first kappa shape index (κ1) is 22.2. The average Bonchev–Trinajstić information content (AvgIpc) is 3.19. The summed E-state index contributed by atoms with van der Waals surface area (Å²) in [6.07, 6.45) is 2.87. The molecule has 0 radical (unpaired) electrons. The number of morpholine rings is 1. The number of hydrazone groups is 1. The molecule has 1 aromatic carbocycles. The fraction of sp³-hybridized carbons (Fsp3) is 0.476. The number of nitrogens with one attached hydrogen (secondary N) is 1. The maximum atomic E-state index is 11.5. The summed E-state index contributed by atoms with van der Waals surface area (Å²) in [4.78, 5) is 18.2. The number of anilines is 1. The Morgan fingerprint density at radius 1 is 1.40 bits per heavy atom. The second-order valence-corrected chi connectivity index (χ2v) is 7.58. The molecule has 3 rings (SSSR count). The van der Waals surface area contributed by atoms with Crippen molar-refractivity contribution in [1.29, 1.82) is 0 Å². The Kier molecular flexibility index (Phi) is 9.07. The maximum Gasteiger partial charge on any atom is 0.311 e. The van der Waals surface area contributed by atoms with Crippen molar-refractivity contribution in [3.05, 3.63) is 40.9 Å². The molecule has 162 valence electrons. The number of carbonyl (C=O) groups excluding carboxylic acids is 1. The first-order valence-corrected chi connectivity index (χ1v) is 11.0. The second kappa shape index (κ2) is 12.3. The quantitative estimate of drug-likeness (QED) is 0.253. The summed E-state index contributed by atoms with van der Waals surface area (Å²) in [7, 11) is 0. The van der Waals surface area contributed by atoms with Gasteiger partial charge in [-0.25, -0.2) is 4.98 Å². The van der Waals surface area contributed by atoms with Gasteiger partial charge in [0.15, 0.2) is 0 Å². The van der Waals surface area contributed by atoms with E-state index < -0.39 is 0 Å². The van der Waals surface area contributed by atoms with E-state index in [2.05, 4.69) is 20.4 Å². The van der Waals surface area contributed by atoms with E-state index in [1.165, 1.54) is 11.3 Å². The van der Waals surface area contributed by atoms with Gasteiger partial charge in [0.1, 0.15) is 5.75 Å².